The molecule has 0 aliphatic heterocycles. The van der Waals surface area contributed by atoms with Crippen LogP contribution in [-0.4, -0.2) is 17.4 Å². The summed E-state index contributed by atoms with van der Waals surface area (Å²) in [6.45, 7) is 0.536. The molecular weight excluding hydrogens is 265 g/mol. The number of ether oxygens (including phenoxy) is 1. The molecule has 0 atom stereocenters. The number of non-ortho nitro benzene ring substituents is 1. The van der Waals surface area contributed by atoms with Crippen molar-refractivity contribution in [3.05, 3.63) is 33.3 Å². The summed E-state index contributed by atoms with van der Waals surface area (Å²) < 4.78 is 5.42. The van der Waals surface area contributed by atoms with Crippen molar-refractivity contribution in [3.63, 3.8) is 0 Å². The van der Waals surface area contributed by atoms with E-state index < -0.39 is 4.92 Å². The Balaban J connectivity index is 2.46. The monoisotopic (exact) mass is 277 g/mol. The van der Waals surface area contributed by atoms with Crippen LogP contribution in [-0.2, 0) is 0 Å². The highest BCUT2D eigenvalue weighted by Crippen LogP contribution is 2.28. The predicted molar refractivity (Wildman–Crippen MR) is 68.2 cm³/mol. The van der Waals surface area contributed by atoms with Gasteiger partial charge in [-0.25, -0.2) is 0 Å². The van der Waals surface area contributed by atoms with Crippen molar-refractivity contribution in [2.45, 2.75) is 19.3 Å². The number of benzene rings is 1. The molecule has 0 amide bonds. The lowest BCUT2D eigenvalue weighted by Crippen LogP contribution is -1.98. The van der Waals surface area contributed by atoms with Crippen molar-refractivity contribution >= 4 is 28.9 Å². The summed E-state index contributed by atoms with van der Waals surface area (Å²) in [5, 5.41) is 10.8. The van der Waals surface area contributed by atoms with E-state index in [1.165, 1.54) is 18.2 Å². The first-order valence-electron chi connectivity index (χ1n) is 5.28. The van der Waals surface area contributed by atoms with Crippen LogP contribution in [0.25, 0.3) is 0 Å². The first kappa shape index (κ1) is 14.1. The highest BCUT2D eigenvalue weighted by atomic mass is 35.5. The van der Waals surface area contributed by atoms with E-state index in [4.69, 9.17) is 27.9 Å². The number of halogens is 2. The Bertz CT molecular complexity index is 385. The number of rotatable bonds is 7. The van der Waals surface area contributed by atoms with Gasteiger partial charge in [0.2, 0.25) is 0 Å². The van der Waals surface area contributed by atoms with E-state index in [1.54, 1.807) is 0 Å². The lowest BCUT2D eigenvalue weighted by atomic mass is 10.2. The molecule has 4 nitrogen and oxygen atoms in total. The molecule has 0 spiro atoms. The molecule has 0 aromatic heterocycles. The van der Waals surface area contributed by atoms with Gasteiger partial charge in [0.1, 0.15) is 5.75 Å². The van der Waals surface area contributed by atoms with Gasteiger partial charge >= 0.3 is 0 Å². The second-order valence-electron chi connectivity index (χ2n) is 3.47. The van der Waals surface area contributed by atoms with Crippen LogP contribution < -0.4 is 4.74 Å². The average Bonchev–Trinajstić information content (AvgIpc) is 2.30. The minimum atomic E-state index is -0.490. The van der Waals surface area contributed by atoms with Gasteiger partial charge in [0.05, 0.1) is 16.6 Å². The minimum Gasteiger partial charge on any atom is -0.492 e. The maximum absolute atomic E-state index is 10.5. The van der Waals surface area contributed by atoms with Crippen molar-refractivity contribution < 1.29 is 9.66 Å². The van der Waals surface area contributed by atoms with E-state index >= 15 is 0 Å². The number of hydrogen-bond acceptors (Lipinski definition) is 3. The third kappa shape index (κ3) is 4.79. The van der Waals surface area contributed by atoms with Crippen molar-refractivity contribution in [2.75, 3.05) is 12.5 Å². The predicted octanol–water partition coefficient (Wildman–Crippen LogP) is 4.04. The van der Waals surface area contributed by atoms with Crippen LogP contribution in [0.4, 0.5) is 5.69 Å². The van der Waals surface area contributed by atoms with Gasteiger partial charge in [0, 0.05) is 18.0 Å². The van der Waals surface area contributed by atoms with E-state index in [0.29, 0.717) is 18.2 Å². The topological polar surface area (TPSA) is 52.4 Å². The number of unbranched alkanes of at least 4 members (excludes halogenated alkanes) is 2. The minimum absolute atomic E-state index is 0.0375. The van der Waals surface area contributed by atoms with E-state index in [9.17, 15) is 10.1 Å². The van der Waals surface area contributed by atoms with Gasteiger partial charge < -0.3 is 4.74 Å². The lowest BCUT2D eigenvalue weighted by Gasteiger charge is -2.07. The second kappa shape index (κ2) is 7.35. The number of nitro groups is 1. The van der Waals surface area contributed by atoms with Crippen LogP contribution in [0.5, 0.6) is 5.75 Å². The van der Waals surface area contributed by atoms with Crippen molar-refractivity contribution in [1.82, 2.24) is 0 Å². The van der Waals surface area contributed by atoms with Crippen LogP contribution in [0.15, 0.2) is 18.2 Å². The molecule has 1 rings (SSSR count). The van der Waals surface area contributed by atoms with Crippen LogP contribution >= 0.6 is 23.2 Å². The average molecular weight is 278 g/mol. The summed E-state index contributed by atoms with van der Waals surface area (Å²) in [5.41, 5.74) is -0.0375. The van der Waals surface area contributed by atoms with Crippen molar-refractivity contribution in [2.24, 2.45) is 0 Å². The molecule has 0 radical (unpaired) electrons. The molecule has 0 saturated carbocycles. The fourth-order valence-corrected chi connectivity index (χ4v) is 1.69. The van der Waals surface area contributed by atoms with Crippen molar-refractivity contribution in [3.8, 4) is 5.75 Å². The van der Waals surface area contributed by atoms with E-state index in [0.717, 1.165) is 19.3 Å². The SMILES string of the molecule is O=[N+]([O-])c1ccc(OCCCCCCl)c(Cl)c1. The van der Waals surface area contributed by atoms with Gasteiger partial charge in [-0.3, -0.25) is 10.1 Å². The number of alkyl halides is 1. The molecule has 6 heteroatoms. The zero-order chi connectivity index (χ0) is 12.7. The smallest absolute Gasteiger partial charge is 0.271 e. The Labute approximate surface area is 110 Å². The summed E-state index contributed by atoms with van der Waals surface area (Å²) in [4.78, 5) is 10.0. The van der Waals surface area contributed by atoms with Crippen LogP contribution in [0.1, 0.15) is 19.3 Å². The summed E-state index contributed by atoms with van der Waals surface area (Å²) in [7, 11) is 0. The molecule has 0 bridgehead atoms. The third-order valence-electron chi connectivity index (χ3n) is 2.16. The summed E-state index contributed by atoms with van der Waals surface area (Å²) >= 11 is 11.4. The lowest BCUT2D eigenvalue weighted by molar-refractivity contribution is -0.384. The second-order valence-corrected chi connectivity index (χ2v) is 4.26. The van der Waals surface area contributed by atoms with Crippen LogP contribution in [0.3, 0.4) is 0 Å². The van der Waals surface area contributed by atoms with Crippen molar-refractivity contribution in [1.29, 1.82) is 0 Å². The fraction of sp³-hybridized carbons (Fsp3) is 0.455. The fourth-order valence-electron chi connectivity index (χ4n) is 1.28. The molecule has 0 aliphatic rings. The molecular formula is C11H13Cl2NO3. The zero-order valence-corrected chi connectivity index (χ0v) is 10.7. The first-order valence-corrected chi connectivity index (χ1v) is 6.19. The molecule has 94 valence electrons. The molecule has 0 heterocycles. The van der Waals surface area contributed by atoms with Gasteiger partial charge in [0.15, 0.2) is 0 Å². The maximum atomic E-state index is 10.5. The molecule has 0 fully saturated rings. The molecule has 0 saturated heterocycles. The van der Waals surface area contributed by atoms with Gasteiger partial charge in [-0.1, -0.05) is 11.6 Å². The Hall–Kier alpha value is -1.00. The number of nitro benzene ring substituents is 1. The van der Waals surface area contributed by atoms with Gasteiger partial charge in [-0.05, 0) is 25.3 Å². The quantitative estimate of drug-likeness (QED) is 0.327. The molecule has 0 unspecified atom stereocenters. The molecule has 1 aromatic rings. The highest BCUT2D eigenvalue weighted by Gasteiger charge is 2.09. The summed E-state index contributed by atoms with van der Waals surface area (Å²) in [6.07, 6.45) is 2.84. The summed E-state index contributed by atoms with van der Waals surface area (Å²) in [5.74, 6) is 1.13. The number of hydrogen-bond donors (Lipinski definition) is 0. The molecule has 1 aromatic carbocycles. The standard InChI is InChI=1S/C11H13Cl2NO3/c12-6-2-1-3-7-17-11-5-4-9(14(15)16)8-10(11)13/h4-5,8H,1-3,6-7H2. The first-order chi connectivity index (χ1) is 8.15. The Morgan fingerprint density at radius 2 is 2.06 bits per heavy atom. The Morgan fingerprint density at radius 3 is 2.65 bits per heavy atom. The third-order valence-corrected chi connectivity index (χ3v) is 2.72. The maximum Gasteiger partial charge on any atom is 0.271 e. The normalized spacial score (nSPS) is 10.2. The highest BCUT2D eigenvalue weighted by molar-refractivity contribution is 6.32. The largest absolute Gasteiger partial charge is 0.492 e. The number of nitrogens with zero attached hydrogens (tertiary/aromatic N) is 1. The zero-order valence-electron chi connectivity index (χ0n) is 9.20. The summed E-state index contributed by atoms with van der Waals surface area (Å²) in [6, 6.07) is 4.18. The molecule has 0 aliphatic carbocycles. The van der Waals surface area contributed by atoms with E-state index in [2.05, 4.69) is 0 Å². The van der Waals surface area contributed by atoms with Gasteiger partial charge in [-0.15, -0.1) is 11.6 Å². The van der Waals surface area contributed by atoms with Crippen LogP contribution in [0, 0.1) is 10.1 Å². The Kier molecular flexibility index (Phi) is 6.08. The van der Waals surface area contributed by atoms with E-state index in [1.807, 2.05) is 0 Å². The van der Waals surface area contributed by atoms with Gasteiger partial charge in [0.25, 0.3) is 5.69 Å². The van der Waals surface area contributed by atoms with Gasteiger partial charge in [-0.2, -0.15) is 0 Å². The van der Waals surface area contributed by atoms with Crippen LogP contribution in [0.2, 0.25) is 5.02 Å². The Morgan fingerprint density at radius 1 is 1.29 bits per heavy atom. The molecule has 0 N–H and O–H groups in total. The molecule has 17 heavy (non-hydrogen) atoms. The van der Waals surface area contributed by atoms with E-state index in [-0.39, 0.29) is 10.7 Å².